The molecule has 1 fully saturated rings. The lowest BCUT2D eigenvalue weighted by molar-refractivity contribution is -0.130. The van der Waals surface area contributed by atoms with Crippen LogP contribution in [0, 0.1) is 0 Å². The summed E-state index contributed by atoms with van der Waals surface area (Å²) >= 11 is 1.48. The third kappa shape index (κ3) is 2.75. The molecule has 0 saturated carbocycles. The van der Waals surface area contributed by atoms with Crippen molar-refractivity contribution in [3.05, 3.63) is 34.7 Å². The minimum Gasteiger partial charge on any atom is -0.508 e. The average molecular weight is 249 g/mol. The van der Waals surface area contributed by atoms with E-state index in [0.717, 1.165) is 10.5 Å². The smallest absolute Gasteiger partial charge is 0.217 e. The number of hydrogen-bond acceptors (Lipinski definition) is 5. The second-order valence-electron chi connectivity index (χ2n) is 3.59. The lowest BCUT2D eigenvalue weighted by Gasteiger charge is -2.06. The first-order chi connectivity index (χ1) is 8.20. The van der Waals surface area contributed by atoms with Gasteiger partial charge in [0.05, 0.1) is 0 Å². The summed E-state index contributed by atoms with van der Waals surface area (Å²) < 4.78 is 0. The molecular formula is C12H11NO3S. The van der Waals surface area contributed by atoms with Gasteiger partial charge >= 0.3 is 0 Å². The van der Waals surface area contributed by atoms with E-state index in [9.17, 15) is 14.7 Å². The van der Waals surface area contributed by atoms with Gasteiger partial charge in [-0.15, -0.1) is 11.8 Å². The second kappa shape index (κ2) is 5.16. The molecule has 0 bridgehead atoms. The van der Waals surface area contributed by atoms with Gasteiger partial charge in [0.15, 0.2) is 6.29 Å². The maximum Gasteiger partial charge on any atom is 0.217 e. The van der Waals surface area contributed by atoms with Crippen LogP contribution in [0.15, 0.2) is 29.2 Å². The molecule has 1 aromatic carbocycles. The molecule has 0 aromatic heterocycles. The quantitative estimate of drug-likeness (QED) is 0.621. The van der Waals surface area contributed by atoms with E-state index in [2.05, 4.69) is 5.32 Å². The lowest BCUT2D eigenvalue weighted by atomic mass is 10.1. The van der Waals surface area contributed by atoms with Gasteiger partial charge in [-0.1, -0.05) is 12.1 Å². The van der Waals surface area contributed by atoms with Crippen LogP contribution in [-0.4, -0.2) is 29.1 Å². The average Bonchev–Trinajstić information content (AvgIpc) is 2.76. The largest absolute Gasteiger partial charge is 0.508 e. The van der Waals surface area contributed by atoms with E-state index in [1.165, 1.54) is 11.8 Å². The van der Waals surface area contributed by atoms with Gasteiger partial charge in [-0.05, 0) is 23.8 Å². The standard InChI is InChI=1S/C12H11NO3S/c14-6-10(16)12-11(17-7-13-12)5-8-2-1-3-9(15)4-8/h1-6,12-13,15H,7H2. The van der Waals surface area contributed by atoms with Crippen molar-refractivity contribution < 1.29 is 14.7 Å². The Morgan fingerprint density at radius 3 is 3.06 bits per heavy atom. The third-order valence-electron chi connectivity index (χ3n) is 2.39. The summed E-state index contributed by atoms with van der Waals surface area (Å²) in [5.41, 5.74) is 0.805. The first-order valence-electron chi connectivity index (χ1n) is 5.06. The van der Waals surface area contributed by atoms with Gasteiger partial charge < -0.3 is 5.11 Å². The predicted octanol–water partition coefficient (Wildman–Crippen LogP) is 1.16. The number of nitrogens with one attached hydrogen (secondary N) is 1. The molecule has 88 valence electrons. The molecule has 0 spiro atoms. The number of thioether (sulfide) groups is 1. The summed E-state index contributed by atoms with van der Waals surface area (Å²) in [5, 5.41) is 12.3. The molecule has 0 amide bonds. The Morgan fingerprint density at radius 1 is 1.53 bits per heavy atom. The SMILES string of the molecule is O=CC(=O)C1NCSC1=Cc1cccc(O)c1. The van der Waals surface area contributed by atoms with Crippen LogP contribution in [0.2, 0.25) is 0 Å². The Bertz CT molecular complexity index is 484. The van der Waals surface area contributed by atoms with E-state index < -0.39 is 11.8 Å². The number of aromatic hydroxyl groups is 1. The molecule has 1 saturated heterocycles. The van der Waals surface area contributed by atoms with Gasteiger partial charge in [0.2, 0.25) is 5.78 Å². The summed E-state index contributed by atoms with van der Waals surface area (Å²) in [5.74, 6) is 0.310. The highest BCUT2D eigenvalue weighted by molar-refractivity contribution is 8.03. The molecule has 1 aliphatic heterocycles. The maximum absolute atomic E-state index is 11.3. The molecular weight excluding hydrogens is 238 g/mol. The zero-order valence-electron chi connectivity index (χ0n) is 8.92. The number of carbonyl (C=O) groups excluding carboxylic acids is 2. The van der Waals surface area contributed by atoms with Crippen LogP contribution in [0.1, 0.15) is 5.56 Å². The number of benzene rings is 1. The van der Waals surface area contributed by atoms with Crippen LogP contribution in [0.25, 0.3) is 6.08 Å². The molecule has 4 nitrogen and oxygen atoms in total. The number of aldehydes is 1. The summed E-state index contributed by atoms with van der Waals surface area (Å²) in [6, 6.07) is 6.20. The molecule has 0 aliphatic carbocycles. The van der Waals surface area contributed by atoms with Gasteiger partial charge in [-0.25, -0.2) is 0 Å². The third-order valence-corrected chi connectivity index (χ3v) is 3.39. The summed E-state index contributed by atoms with van der Waals surface area (Å²) in [6.07, 6.45) is 2.14. The topological polar surface area (TPSA) is 66.4 Å². The first-order valence-corrected chi connectivity index (χ1v) is 6.05. The van der Waals surface area contributed by atoms with Crippen LogP contribution in [-0.2, 0) is 9.59 Å². The molecule has 17 heavy (non-hydrogen) atoms. The van der Waals surface area contributed by atoms with Crippen molar-refractivity contribution in [1.82, 2.24) is 5.32 Å². The van der Waals surface area contributed by atoms with Crippen LogP contribution in [0.3, 0.4) is 0 Å². The Morgan fingerprint density at radius 2 is 2.35 bits per heavy atom. The normalized spacial score (nSPS) is 21.6. The monoisotopic (exact) mass is 249 g/mol. The highest BCUT2D eigenvalue weighted by atomic mass is 32.2. The summed E-state index contributed by atoms with van der Waals surface area (Å²) in [4.78, 5) is 22.6. The fourth-order valence-electron chi connectivity index (χ4n) is 1.60. The summed E-state index contributed by atoms with van der Waals surface area (Å²) in [7, 11) is 0. The molecule has 1 aromatic rings. The van der Waals surface area contributed by atoms with Crippen LogP contribution < -0.4 is 5.32 Å². The van der Waals surface area contributed by atoms with Crippen molar-refractivity contribution in [3.63, 3.8) is 0 Å². The van der Waals surface area contributed by atoms with Gasteiger partial charge in [0.1, 0.15) is 11.8 Å². The molecule has 1 unspecified atom stereocenters. The number of Topliss-reactive ketones (excluding diaryl/α,β-unsaturated/α-hetero) is 1. The molecule has 5 heteroatoms. The van der Waals surface area contributed by atoms with Crippen molar-refractivity contribution in [3.8, 4) is 5.75 Å². The molecule has 2 N–H and O–H groups in total. The van der Waals surface area contributed by atoms with E-state index >= 15 is 0 Å². The van der Waals surface area contributed by atoms with Crippen LogP contribution in [0.4, 0.5) is 0 Å². The zero-order chi connectivity index (χ0) is 12.3. The van der Waals surface area contributed by atoms with Crippen molar-refractivity contribution in [2.45, 2.75) is 6.04 Å². The highest BCUT2D eigenvalue weighted by Gasteiger charge is 2.27. The van der Waals surface area contributed by atoms with E-state index in [4.69, 9.17) is 0 Å². The predicted molar refractivity (Wildman–Crippen MR) is 66.5 cm³/mol. The van der Waals surface area contributed by atoms with Crippen molar-refractivity contribution >= 4 is 29.9 Å². The zero-order valence-corrected chi connectivity index (χ0v) is 9.74. The van der Waals surface area contributed by atoms with Gasteiger partial charge in [-0.3, -0.25) is 14.9 Å². The maximum atomic E-state index is 11.3. The Hall–Kier alpha value is -1.59. The molecule has 0 radical (unpaired) electrons. The molecule has 2 rings (SSSR count). The van der Waals surface area contributed by atoms with Gasteiger partial charge in [0.25, 0.3) is 0 Å². The number of rotatable bonds is 3. The van der Waals surface area contributed by atoms with Crippen LogP contribution in [0.5, 0.6) is 5.75 Å². The van der Waals surface area contributed by atoms with E-state index in [1.54, 1.807) is 24.3 Å². The Kier molecular flexibility index (Phi) is 3.61. The molecule has 1 aliphatic rings. The fourth-order valence-corrected chi connectivity index (χ4v) is 2.61. The molecule has 1 atom stereocenters. The second-order valence-corrected chi connectivity index (χ2v) is 4.64. The minimum absolute atomic E-state index is 0.175. The molecule has 1 heterocycles. The van der Waals surface area contributed by atoms with Gasteiger partial charge in [-0.2, -0.15) is 0 Å². The number of ketones is 1. The Labute approximate surface area is 103 Å². The minimum atomic E-state index is -0.542. The Balaban J connectivity index is 2.26. The fraction of sp³-hybridized carbons (Fsp3) is 0.167. The van der Waals surface area contributed by atoms with Crippen LogP contribution >= 0.6 is 11.8 Å². The van der Waals surface area contributed by atoms with Crippen molar-refractivity contribution in [2.75, 3.05) is 5.88 Å². The van der Waals surface area contributed by atoms with E-state index in [0.29, 0.717) is 12.2 Å². The van der Waals surface area contributed by atoms with Gasteiger partial charge in [0, 0.05) is 10.8 Å². The first kappa shape index (κ1) is 11.9. The van der Waals surface area contributed by atoms with Crippen molar-refractivity contribution in [1.29, 1.82) is 0 Å². The highest BCUT2D eigenvalue weighted by Crippen LogP contribution is 2.28. The van der Waals surface area contributed by atoms with E-state index in [-0.39, 0.29) is 5.75 Å². The number of carbonyl (C=O) groups is 2. The number of hydrogen-bond donors (Lipinski definition) is 2. The number of phenols is 1. The number of phenolic OH excluding ortho intramolecular Hbond substituents is 1. The van der Waals surface area contributed by atoms with E-state index in [1.807, 2.05) is 6.07 Å². The lowest BCUT2D eigenvalue weighted by Crippen LogP contribution is -2.32. The summed E-state index contributed by atoms with van der Waals surface area (Å²) in [6.45, 7) is 0. The van der Waals surface area contributed by atoms with Crippen molar-refractivity contribution in [2.24, 2.45) is 0 Å².